The molecule has 1 fully saturated rings. The average molecular weight is 454 g/mol. The summed E-state index contributed by atoms with van der Waals surface area (Å²) >= 11 is 0. The van der Waals surface area contributed by atoms with Gasteiger partial charge in [-0.1, -0.05) is 54.6 Å². The van der Waals surface area contributed by atoms with Crippen LogP contribution in [0.2, 0.25) is 0 Å². The van der Waals surface area contributed by atoms with Crippen LogP contribution in [-0.4, -0.2) is 51.5 Å². The molecule has 1 atom stereocenters. The Bertz CT molecular complexity index is 910. The van der Waals surface area contributed by atoms with Crippen molar-refractivity contribution in [2.45, 2.75) is 12.3 Å². The van der Waals surface area contributed by atoms with Gasteiger partial charge in [0.1, 0.15) is 18.1 Å². The Morgan fingerprint density at radius 1 is 0.812 bits per heavy atom. The van der Waals surface area contributed by atoms with Crippen LogP contribution in [0.25, 0.3) is 0 Å². The van der Waals surface area contributed by atoms with Crippen LogP contribution in [0.3, 0.4) is 0 Å². The average Bonchev–Trinajstić information content (AvgIpc) is 2.85. The molecule has 0 aliphatic carbocycles. The Hall–Kier alpha value is -2.53. The van der Waals surface area contributed by atoms with Gasteiger partial charge in [-0.3, -0.25) is 4.90 Å². The maximum absolute atomic E-state index is 6.00. The fourth-order valence-corrected chi connectivity index (χ4v) is 4.02. The molecule has 1 heterocycles. The first-order valence-corrected chi connectivity index (χ1v) is 11.0. The predicted octanol–water partition coefficient (Wildman–Crippen LogP) is 5.20. The number of rotatable bonds is 9. The molecule has 0 bridgehead atoms. The van der Waals surface area contributed by atoms with Gasteiger partial charge in [-0.15, -0.1) is 12.4 Å². The molecule has 32 heavy (non-hydrogen) atoms. The molecule has 0 amide bonds. The molecule has 1 aliphatic heterocycles. The molecule has 4 rings (SSSR count). The van der Waals surface area contributed by atoms with Crippen molar-refractivity contribution in [1.82, 2.24) is 4.90 Å². The summed E-state index contributed by atoms with van der Waals surface area (Å²) in [5.74, 6) is 2.10. The van der Waals surface area contributed by atoms with Crippen molar-refractivity contribution in [2.24, 2.45) is 0 Å². The lowest BCUT2D eigenvalue weighted by Gasteiger charge is -2.26. The lowest BCUT2D eigenvalue weighted by molar-refractivity contribution is 0.0322. The number of hydrogen-bond donors (Lipinski definition) is 0. The lowest BCUT2D eigenvalue weighted by atomic mass is 9.86. The zero-order valence-electron chi connectivity index (χ0n) is 18.6. The standard InChI is InChI=1S/C27H31NO3.ClH/c1-29-25-11-7-22(8-12-25)21-27(23-5-3-2-4-6-23)24-9-13-26(14-10-24)31-20-17-28-15-18-30-19-16-28;/h2-14,27H,15-21H2,1H3;1H. The summed E-state index contributed by atoms with van der Waals surface area (Å²) in [5, 5.41) is 0. The zero-order chi connectivity index (χ0) is 21.3. The first kappa shape index (κ1) is 24.1. The number of hydrogen-bond acceptors (Lipinski definition) is 4. The van der Waals surface area contributed by atoms with Crippen molar-refractivity contribution in [1.29, 1.82) is 0 Å². The summed E-state index contributed by atoms with van der Waals surface area (Å²) in [6.45, 7) is 5.27. The zero-order valence-corrected chi connectivity index (χ0v) is 19.4. The van der Waals surface area contributed by atoms with Crippen LogP contribution in [-0.2, 0) is 11.2 Å². The molecule has 1 unspecified atom stereocenters. The van der Waals surface area contributed by atoms with Gasteiger partial charge in [-0.05, 0) is 47.4 Å². The summed E-state index contributed by atoms with van der Waals surface area (Å²) in [5.41, 5.74) is 3.90. The van der Waals surface area contributed by atoms with Gasteiger partial charge in [-0.25, -0.2) is 0 Å². The molecule has 0 radical (unpaired) electrons. The van der Waals surface area contributed by atoms with Gasteiger partial charge < -0.3 is 14.2 Å². The highest BCUT2D eigenvalue weighted by atomic mass is 35.5. The van der Waals surface area contributed by atoms with E-state index in [1.165, 1.54) is 16.7 Å². The van der Waals surface area contributed by atoms with Gasteiger partial charge in [0.2, 0.25) is 0 Å². The van der Waals surface area contributed by atoms with E-state index in [4.69, 9.17) is 14.2 Å². The van der Waals surface area contributed by atoms with Crippen LogP contribution in [0.15, 0.2) is 78.9 Å². The first-order chi connectivity index (χ1) is 15.3. The van der Waals surface area contributed by atoms with Crippen molar-refractivity contribution in [2.75, 3.05) is 46.6 Å². The van der Waals surface area contributed by atoms with E-state index in [1.807, 2.05) is 12.1 Å². The molecular formula is C27H32ClNO3. The van der Waals surface area contributed by atoms with E-state index < -0.39 is 0 Å². The first-order valence-electron chi connectivity index (χ1n) is 11.0. The van der Waals surface area contributed by atoms with Gasteiger partial charge in [0.05, 0.1) is 20.3 Å². The summed E-state index contributed by atoms with van der Waals surface area (Å²) in [4.78, 5) is 2.39. The molecule has 1 aliphatic rings. The second-order valence-electron chi connectivity index (χ2n) is 7.89. The molecular weight excluding hydrogens is 422 g/mol. The third-order valence-corrected chi connectivity index (χ3v) is 5.86. The summed E-state index contributed by atoms with van der Waals surface area (Å²) < 4.78 is 16.7. The van der Waals surface area contributed by atoms with E-state index in [2.05, 4.69) is 71.6 Å². The highest BCUT2D eigenvalue weighted by Crippen LogP contribution is 2.30. The Balaban J connectivity index is 0.00000289. The van der Waals surface area contributed by atoms with Crippen molar-refractivity contribution >= 4 is 12.4 Å². The van der Waals surface area contributed by atoms with Crippen LogP contribution >= 0.6 is 12.4 Å². The molecule has 0 saturated carbocycles. The summed E-state index contributed by atoms with van der Waals surface area (Å²) in [7, 11) is 1.70. The molecule has 5 heteroatoms. The Morgan fingerprint density at radius 3 is 2.09 bits per heavy atom. The number of nitrogens with zero attached hydrogens (tertiary/aromatic N) is 1. The van der Waals surface area contributed by atoms with Gasteiger partial charge in [0, 0.05) is 25.6 Å². The molecule has 3 aromatic rings. The Kier molecular flexibility index (Phi) is 9.42. The van der Waals surface area contributed by atoms with E-state index in [1.54, 1.807) is 7.11 Å². The maximum Gasteiger partial charge on any atom is 0.119 e. The van der Waals surface area contributed by atoms with Crippen molar-refractivity contribution in [3.63, 3.8) is 0 Å². The Labute approximate surface area is 197 Å². The minimum atomic E-state index is 0. The molecule has 0 aromatic heterocycles. The van der Waals surface area contributed by atoms with Crippen molar-refractivity contribution < 1.29 is 14.2 Å². The fraction of sp³-hybridized carbons (Fsp3) is 0.333. The quantitative estimate of drug-likeness (QED) is 0.445. The van der Waals surface area contributed by atoms with Crippen molar-refractivity contribution in [3.05, 3.63) is 95.6 Å². The molecule has 3 aromatic carbocycles. The normalized spacial score (nSPS) is 14.9. The van der Waals surface area contributed by atoms with Gasteiger partial charge in [-0.2, -0.15) is 0 Å². The molecule has 1 saturated heterocycles. The number of benzene rings is 3. The van der Waals surface area contributed by atoms with Crippen LogP contribution in [0, 0.1) is 0 Å². The molecule has 170 valence electrons. The smallest absolute Gasteiger partial charge is 0.119 e. The van der Waals surface area contributed by atoms with Crippen LogP contribution in [0.5, 0.6) is 11.5 Å². The third kappa shape index (κ3) is 6.73. The van der Waals surface area contributed by atoms with E-state index in [-0.39, 0.29) is 18.3 Å². The van der Waals surface area contributed by atoms with E-state index in [0.29, 0.717) is 6.61 Å². The number of halogens is 1. The fourth-order valence-electron chi connectivity index (χ4n) is 4.02. The third-order valence-electron chi connectivity index (χ3n) is 5.86. The van der Waals surface area contributed by atoms with Gasteiger partial charge in [0.15, 0.2) is 0 Å². The topological polar surface area (TPSA) is 30.9 Å². The maximum atomic E-state index is 6.00. The minimum absolute atomic E-state index is 0. The van der Waals surface area contributed by atoms with Crippen molar-refractivity contribution in [3.8, 4) is 11.5 Å². The molecule has 4 nitrogen and oxygen atoms in total. The van der Waals surface area contributed by atoms with Gasteiger partial charge in [0.25, 0.3) is 0 Å². The highest BCUT2D eigenvalue weighted by Gasteiger charge is 2.15. The predicted molar refractivity (Wildman–Crippen MR) is 131 cm³/mol. The van der Waals surface area contributed by atoms with E-state index in [9.17, 15) is 0 Å². The van der Waals surface area contributed by atoms with Crippen LogP contribution in [0.1, 0.15) is 22.6 Å². The Morgan fingerprint density at radius 2 is 1.44 bits per heavy atom. The monoisotopic (exact) mass is 453 g/mol. The lowest BCUT2D eigenvalue weighted by Crippen LogP contribution is -2.38. The molecule has 0 spiro atoms. The number of morpholine rings is 1. The highest BCUT2D eigenvalue weighted by molar-refractivity contribution is 5.85. The summed E-state index contributed by atoms with van der Waals surface area (Å²) in [6.07, 6.45) is 0.936. The minimum Gasteiger partial charge on any atom is -0.497 e. The molecule has 0 N–H and O–H groups in total. The van der Waals surface area contributed by atoms with Crippen LogP contribution in [0.4, 0.5) is 0 Å². The van der Waals surface area contributed by atoms with Crippen LogP contribution < -0.4 is 9.47 Å². The second-order valence-corrected chi connectivity index (χ2v) is 7.89. The van der Waals surface area contributed by atoms with E-state index >= 15 is 0 Å². The largest absolute Gasteiger partial charge is 0.497 e. The number of methoxy groups -OCH3 is 1. The summed E-state index contributed by atoms with van der Waals surface area (Å²) in [6, 6.07) is 27.7. The van der Waals surface area contributed by atoms with Gasteiger partial charge >= 0.3 is 0 Å². The van der Waals surface area contributed by atoms with E-state index in [0.717, 1.165) is 50.8 Å². The second kappa shape index (κ2) is 12.5. The number of ether oxygens (including phenoxy) is 3. The SMILES string of the molecule is COc1ccc(CC(c2ccccc2)c2ccc(OCCN3CCOCC3)cc2)cc1.Cl.